The van der Waals surface area contributed by atoms with Gasteiger partial charge in [0.15, 0.2) is 0 Å². The number of hydrogen-bond acceptors (Lipinski definition) is 4. The Balaban J connectivity index is 2.00. The van der Waals surface area contributed by atoms with E-state index in [1.54, 1.807) is 0 Å². The minimum Gasteiger partial charge on any atom is -0.465 e. The minimum atomic E-state index is -0.118. The summed E-state index contributed by atoms with van der Waals surface area (Å²) in [6.45, 7) is 4.95. The Morgan fingerprint density at radius 3 is 2.56 bits per heavy atom. The average molecular weight is 226 g/mol. The molecule has 2 fully saturated rings. The van der Waals surface area contributed by atoms with Gasteiger partial charge < -0.3 is 9.47 Å². The molecule has 2 saturated heterocycles. The van der Waals surface area contributed by atoms with Crippen LogP contribution in [0.3, 0.4) is 0 Å². The first-order valence-corrected chi connectivity index (χ1v) is 5.90. The van der Waals surface area contributed by atoms with Gasteiger partial charge in [0.2, 0.25) is 0 Å². The highest BCUT2D eigenvalue weighted by molar-refractivity contribution is 5.73. The smallest absolute Gasteiger partial charge is 0.308 e. The molecule has 4 nitrogen and oxygen atoms in total. The molecule has 0 spiro atoms. The van der Waals surface area contributed by atoms with E-state index >= 15 is 0 Å². The lowest BCUT2D eigenvalue weighted by atomic mass is 9.75. The van der Waals surface area contributed by atoms with Gasteiger partial charge >= 0.3 is 11.9 Å². The van der Waals surface area contributed by atoms with E-state index in [0.717, 1.165) is 6.42 Å². The molecule has 16 heavy (non-hydrogen) atoms. The van der Waals surface area contributed by atoms with Crippen LogP contribution in [0.4, 0.5) is 0 Å². The summed E-state index contributed by atoms with van der Waals surface area (Å²) in [6, 6.07) is 0. The van der Waals surface area contributed by atoms with Crippen LogP contribution in [0.1, 0.15) is 26.7 Å². The van der Waals surface area contributed by atoms with Gasteiger partial charge in [-0.3, -0.25) is 9.59 Å². The molecule has 2 aliphatic heterocycles. The Kier molecular flexibility index (Phi) is 3.17. The van der Waals surface area contributed by atoms with Crippen molar-refractivity contribution in [3.63, 3.8) is 0 Å². The number of esters is 2. The number of hydrogen-bond donors (Lipinski definition) is 0. The Morgan fingerprint density at radius 2 is 1.88 bits per heavy atom. The second kappa shape index (κ2) is 4.44. The quantitative estimate of drug-likeness (QED) is 0.634. The standard InChI is InChI=1S/C12H18O4/c1-7-3-9(6-16-12(7)14)10-4-11(13)15-5-8(10)2/h7-10H,3-6H2,1-2H3. The van der Waals surface area contributed by atoms with Crippen LogP contribution in [0.5, 0.6) is 0 Å². The Bertz CT molecular complexity index is 299. The van der Waals surface area contributed by atoms with E-state index in [9.17, 15) is 9.59 Å². The molecule has 4 atom stereocenters. The van der Waals surface area contributed by atoms with Gasteiger partial charge in [0.25, 0.3) is 0 Å². The molecule has 0 aromatic heterocycles. The molecule has 0 aromatic rings. The molecule has 0 aliphatic carbocycles. The lowest BCUT2D eigenvalue weighted by molar-refractivity contribution is -0.163. The van der Waals surface area contributed by atoms with Gasteiger partial charge in [-0.25, -0.2) is 0 Å². The van der Waals surface area contributed by atoms with Gasteiger partial charge in [-0.15, -0.1) is 0 Å². The first-order valence-electron chi connectivity index (χ1n) is 5.90. The number of rotatable bonds is 1. The summed E-state index contributed by atoms with van der Waals surface area (Å²) in [7, 11) is 0. The topological polar surface area (TPSA) is 52.6 Å². The molecule has 0 amide bonds. The zero-order chi connectivity index (χ0) is 11.7. The third-order valence-corrected chi connectivity index (χ3v) is 3.74. The normalized spacial score (nSPS) is 40.1. The molecule has 2 rings (SSSR count). The first kappa shape index (κ1) is 11.4. The molecule has 0 saturated carbocycles. The summed E-state index contributed by atoms with van der Waals surface area (Å²) in [5.41, 5.74) is 0. The molecule has 0 N–H and O–H groups in total. The van der Waals surface area contributed by atoms with E-state index in [-0.39, 0.29) is 17.9 Å². The second-order valence-corrected chi connectivity index (χ2v) is 5.06. The predicted molar refractivity (Wildman–Crippen MR) is 56.5 cm³/mol. The summed E-state index contributed by atoms with van der Waals surface area (Å²) in [5.74, 6) is 0.720. The van der Waals surface area contributed by atoms with Crippen LogP contribution in [0.15, 0.2) is 0 Å². The molecule has 2 heterocycles. The Labute approximate surface area is 95.3 Å². The number of carbonyl (C=O) groups excluding carboxylic acids is 2. The molecule has 0 aromatic carbocycles. The van der Waals surface area contributed by atoms with E-state index in [1.165, 1.54) is 0 Å². The van der Waals surface area contributed by atoms with E-state index in [1.807, 2.05) is 6.92 Å². The van der Waals surface area contributed by atoms with Crippen LogP contribution in [0.2, 0.25) is 0 Å². The van der Waals surface area contributed by atoms with E-state index in [2.05, 4.69) is 6.92 Å². The van der Waals surface area contributed by atoms with Crippen molar-refractivity contribution in [2.75, 3.05) is 13.2 Å². The maximum atomic E-state index is 11.3. The summed E-state index contributed by atoms with van der Waals surface area (Å²) in [6.07, 6.45) is 1.30. The fraction of sp³-hybridized carbons (Fsp3) is 0.833. The van der Waals surface area contributed by atoms with Crippen molar-refractivity contribution in [1.29, 1.82) is 0 Å². The van der Waals surface area contributed by atoms with Gasteiger partial charge in [0.1, 0.15) is 0 Å². The highest BCUT2D eigenvalue weighted by Gasteiger charge is 2.38. The van der Waals surface area contributed by atoms with Crippen molar-refractivity contribution in [2.24, 2.45) is 23.7 Å². The molecule has 90 valence electrons. The van der Waals surface area contributed by atoms with Crippen molar-refractivity contribution in [3.05, 3.63) is 0 Å². The Hall–Kier alpha value is -1.06. The zero-order valence-corrected chi connectivity index (χ0v) is 9.77. The summed E-state index contributed by atoms with van der Waals surface area (Å²) < 4.78 is 10.2. The van der Waals surface area contributed by atoms with Gasteiger partial charge in [-0.2, -0.15) is 0 Å². The van der Waals surface area contributed by atoms with Crippen LogP contribution >= 0.6 is 0 Å². The van der Waals surface area contributed by atoms with Gasteiger partial charge in [-0.05, 0) is 24.2 Å². The summed E-state index contributed by atoms with van der Waals surface area (Å²) >= 11 is 0. The van der Waals surface area contributed by atoms with Crippen molar-refractivity contribution < 1.29 is 19.1 Å². The number of cyclic esters (lactones) is 2. The van der Waals surface area contributed by atoms with Crippen molar-refractivity contribution in [2.45, 2.75) is 26.7 Å². The van der Waals surface area contributed by atoms with Gasteiger partial charge in [-0.1, -0.05) is 13.8 Å². The zero-order valence-electron chi connectivity index (χ0n) is 9.77. The summed E-state index contributed by atoms with van der Waals surface area (Å²) in [4.78, 5) is 22.5. The lowest BCUT2D eigenvalue weighted by Gasteiger charge is -2.37. The highest BCUT2D eigenvalue weighted by Crippen LogP contribution is 2.35. The number of carbonyl (C=O) groups is 2. The first-order chi connectivity index (χ1) is 7.58. The average Bonchev–Trinajstić information content (AvgIpc) is 2.26. The van der Waals surface area contributed by atoms with Crippen molar-refractivity contribution >= 4 is 11.9 Å². The van der Waals surface area contributed by atoms with E-state index in [4.69, 9.17) is 9.47 Å². The van der Waals surface area contributed by atoms with Crippen molar-refractivity contribution in [1.82, 2.24) is 0 Å². The fourth-order valence-electron chi connectivity index (χ4n) is 2.68. The maximum absolute atomic E-state index is 11.3. The van der Waals surface area contributed by atoms with Crippen LogP contribution in [-0.2, 0) is 19.1 Å². The van der Waals surface area contributed by atoms with Crippen molar-refractivity contribution in [3.8, 4) is 0 Å². The van der Waals surface area contributed by atoms with Gasteiger partial charge in [0.05, 0.1) is 19.1 Å². The largest absolute Gasteiger partial charge is 0.465 e. The molecule has 0 radical (unpaired) electrons. The third kappa shape index (κ3) is 2.20. The van der Waals surface area contributed by atoms with Crippen LogP contribution < -0.4 is 0 Å². The van der Waals surface area contributed by atoms with Crippen LogP contribution in [0, 0.1) is 23.7 Å². The monoisotopic (exact) mass is 226 g/mol. The second-order valence-electron chi connectivity index (χ2n) is 5.06. The lowest BCUT2D eigenvalue weighted by Crippen LogP contribution is -2.40. The van der Waals surface area contributed by atoms with Gasteiger partial charge in [0, 0.05) is 6.42 Å². The molecule has 4 heteroatoms. The van der Waals surface area contributed by atoms with E-state index < -0.39 is 0 Å². The SMILES string of the molecule is CC1CC(C2CC(=O)OCC2C)COC1=O. The molecular weight excluding hydrogens is 208 g/mol. The number of ether oxygens (including phenoxy) is 2. The molecule has 2 aliphatic rings. The third-order valence-electron chi connectivity index (χ3n) is 3.74. The molecular formula is C12H18O4. The highest BCUT2D eigenvalue weighted by atomic mass is 16.5. The predicted octanol–water partition coefficient (Wildman–Crippen LogP) is 1.38. The minimum absolute atomic E-state index is 0.0381. The van der Waals surface area contributed by atoms with Crippen LogP contribution in [-0.4, -0.2) is 25.2 Å². The molecule has 4 unspecified atom stereocenters. The summed E-state index contributed by atoms with van der Waals surface area (Å²) in [5, 5.41) is 0. The maximum Gasteiger partial charge on any atom is 0.308 e. The Morgan fingerprint density at radius 1 is 1.12 bits per heavy atom. The fourth-order valence-corrected chi connectivity index (χ4v) is 2.68. The molecule has 0 bridgehead atoms. The van der Waals surface area contributed by atoms with Crippen LogP contribution in [0.25, 0.3) is 0 Å². The van der Waals surface area contributed by atoms with E-state index in [0.29, 0.717) is 37.4 Å².